The molecule has 0 spiro atoms. The predicted octanol–water partition coefficient (Wildman–Crippen LogP) is 2.21. The summed E-state index contributed by atoms with van der Waals surface area (Å²) in [6.07, 6.45) is 0. The zero-order chi connectivity index (χ0) is 11.6. The van der Waals surface area contributed by atoms with Crippen molar-refractivity contribution in [3.8, 4) is 5.75 Å². The molecule has 0 atom stereocenters. The molecule has 1 aromatic rings. The van der Waals surface area contributed by atoms with E-state index in [1.165, 1.54) is 6.07 Å². The Labute approximate surface area is 92.8 Å². The number of carbonyl (C=O) groups is 1. The molecule has 8 heteroatoms. The summed E-state index contributed by atoms with van der Waals surface area (Å²) in [6, 6.07) is 2.32. The first kappa shape index (κ1) is 11.9. The van der Waals surface area contributed by atoms with E-state index in [-0.39, 0.29) is 5.15 Å². The van der Waals surface area contributed by atoms with Crippen molar-refractivity contribution in [3.05, 3.63) is 17.3 Å². The largest absolute Gasteiger partial charge is 0.504 e. The van der Waals surface area contributed by atoms with E-state index in [2.05, 4.69) is 16.6 Å². The molecule has 82 valence electrons. The summed E-state index contributed by atoms with van der Waals surface area (Å²) in [7, 11) is 0. The van der Waals surface area contributed by atoms with Crippen molar-refractivity contribution >= 4 is 34.9 Å². The van der Waals surface area contributed by atoms with Crippen molar-refractivity contribution in [1.29, 1.82) is 0 Å². The molecule has 4 nitrogen and oxygen atoms in total. The molecule has 0 fully saturated rings. The second kappa shape index (κ2) is 4.16. The van der Waals surface area contributed by atoms with Gasteiger partial charge in [-0.25, -0.2) is 4.98 Å². The van der Waals surface area contributed by atoms with E-state index in [0.29, 0.717) is 0 Å². The minimum atomic E-state index is -4.07. The summed E-state index contributed by atoms with van der Waals surface area (Å²) >= 11 is 9.86. The molecule has 1 aromatic heterocycles. The number of hydrogen-bond donors (Lipinski definition) is 2. The number of nitrogens with zero attached hydrogens (tertiary/aromatic N) is 1. The monoisotopic (exact) mass is 256 g/mol. The molecular weight excluding hydrogens is 253 g/mol. The van der Waals surface area contributed by atoms with Gasteiger partial charge in [0.05, 0.1) is 0 Å². The summed E-state index contributed by atoms with van der Waals surface area (Å²) in [5.74, 6) is -2.77. The summed E-state index contributed by atoms with van der Waals surface area (Å²) in [4.78, 5) is 14.1. The Morgan fingerprint density at radius 2 is 2.13 bits per heavy atom. The fourth-order valence-corrected chi connectivity index (χ4v) is 0.893. The lowest BCUT2D eigenvalue weighted by molar-refractivity contribution is -0.130. The van der Waals surface area contributed by atoms with E-state index < -0.39 is 22.9 Å². The highest BCUT2D eigenvalue weighted by atomic mass is 35.5. The Bertz CT molecular complexity index is 395. The van der Waals surface area contributed by atoms with E-state index in [1.54, 1.807) is 5.32 Å². The average Bonchev–Trinajstić information content (AvgIpc) is 2.09. The molecule has 15 heavy (non-hydrogen) atoms. The molecule has 1 heterocycles. The normalized spacial score (nSPS) is 11.2. The summed E-state index contributed by atoms with van der Waals surface area (Å²) in [5.41, 5.74) is 0. The van der Waals surface area contributed by atoms with Crippen molar-refractivity contribution in [2.75, 3.05) is 5.32 Å². The van der Waals surface area contributed by atoms with Crippen molar-refractivity contribution in [1.82, 2.24) is 4.98 Å². The van der Waals surface area contributed by atoms with Gasteiger partial charge in [0.2, 0.25) is 0 Å². The van der Waals surface area contributed by atoms with E-state index in [1.807, 2.05) is 0 Å². The molecule has 0 saturated carbocycles. The molecule has 2 N–H and O–H groups in total. The smallest absolute Gasteiger partial charge is 0.400 e. The third kappa shape index (κ3) is 3.17. The van der Waals surface area contributed by atoms with Crippen LogP contribution in [0.2, 0.25) is 5.15 Å². The third-order valence-electron chi connectivity index (χ3n) is 1.33. The number of aromatic hydroxyl groups is 1. The van der Waals surface area contributed by atoms with Crippen molar-refractivity contribution < 1.29 is 18.7 Å². The molecule has 0 bridgehead atoms. The van der Waals surface area contributed by atoms with Gasteiger partial charge in [-0.05, 0) is 23.7 Å². The van der Waals surface area contributed by atoms with Crippen LogP contribution >= 0.6 is 23.2 Å². The second-order valence-electron chi connectivity index (χ2n) is 2.45. The zero-order valence-electron chi connectivity index (χ0n) is 6.97. The van der Waals surface area contributed by atoms with Gasteiger partial charge in [-0.2, -0.15) is 8.78 Å². The topological polar surface area (TPSA) is 62.2 Å². The lowest BCUT2D eigenvalue weighted by atomic mass is 10.4. The van der Waals surface area contributed by atoms with E-state index in [4.69, 9.17) is 16.7 Å². The van der Waals surface area contributed by atoms with Gasteiger partial charge >= 0.3 is 11.3 Å². The average molecular weight is 257 g/mol. The van der Waals surface area contributed by atoms with Crippen LogP contribution in [0.15, 0.2) is 12.1 Å². The molecule has 0 radical (unpaired) electrons. The summed E-state index contributed by atoms with van der Waals surface area (Å²) < 4.78 is 24.5. The van der Waals surface area contributed by atoms with Crippen LogP contribution in [-0.4, -0.2) is 21.4 Å². The molecule has 0 aliphatic carbocycles. The number of alkyl halides is 3. The molecule has 0 saturated heterocycles. The Balaban J connectivity index is 2.90. The number of halogens is 4. The number of carbonyl (C=O) groups excluding carboxylic acids is 1. The highest BCUT2D eigenvalue weighted by Gasteiger charge is 2.36. The highest BCUT2D eigenvalue weighted by Crippen LogP contribution is 2.26. The summed E-state index contributed by atoms with van der Waals surface area (Å²) in [6.45, 7) is 0. The number of hydrogen-bond acceptors (Lipinski definition) is 3. The lowest BCUT2D eigenvalue weighted by Crippen LogP contribution is -2.29. The Kier molecular flexibility index (Phi) is 3.31. The van der Waals surface area contributed by atoms with Crippen LogP contribution in [0.4, 0.5) is 14.6 Å². The van der Waals surface area contributed by atoms with Gasteiger partial charge in [-0.1, -0.05) is 11.6 Å². The van der Waals surface area contributed by atoms with Crippen molar-refractivity contribution in [2.45, 2.75) is 5.38 Å². The Morgan fingerprint density at radius 3 is 2.67 bits per heavy atom. The first-order chi connectivity index (χ1) is 6.80. The SMILES string of the molecule is O=C(Nc1nc(Cl)ccc1O)C(F)(F)Cl. The minimum absolute atomic E-state index is 0.0685. The van der Waals surface area contributed by atoms with Gasteiger partial charge in [0.25, 0.3) is 0 Å². The lowest BCUT2D eigenvalue weighted by Gasteiger charge is -2.09. The molecule has 0 aromatic carbocycles. The van der Waals surface area contributed by atoms with Gasteiger partial charge in [-0.15, -0.1) is 0 Å². The number of anilines is 1. The maximum atomic E-state index is 12.2. The van der Waals surface area contributed by atoms with Crippen LogP contribution in [0.1, 0.15) is 0 Å². The molecule has 1 amide bonds. The third-order valence-corrected chi connectivity index (χ3v) is 1.71. The number of rotatable bonds is 2. The first-order valence-corrected chi connectivity index (χ1v) is 4.30. The van der Waals surface area contributed by atoms with Gasteiger partial charge in [0, 0.05) is 0 Å². The van der Waals surface area contributed by atoms with Crippen LogP contribution in [0.5, 0.6) is 5.75 Å². The van der Waals surface area contributed by atoms with Gasteiger partial charge < -0.3 is 10.4 Å². The molecule has 0 aliphatic heterocycles. The van der Waals surface area contributed by atoms with Crippen LogP contribution in [-0.2, 0) is 4.79 Å². The molecule has 0 aliphatic rings. The zero-order valence-corrected chi connectivity index (χ0v) is 8.48. The predicted molar refractivity (Wildman–Crippen MR) is 50.3 cm³/mol. The highest BCUT2D eigenvalue weighted by molar-refractivity contribution is 6.34. The standard InChI is InChI=1S/C7H4Cl2F2N2O2/c8-4-2-1-3(14)5(12-4)13-6(15)7(9,10)11/h1-2,14H,(H,12,13,15). The molecule has 1 rings (SSSR count). The number of aromatic nitrogens is 1. The maximum absolute atomic E-state index is 12.2. The number of nitrogens with one attached hydrogen (secondary N) is 1. The maximum Gasteiger partial charge on any atom is 0.400 e. The Hall–Kier alpha value is -1.14. The molecule has 0 unspecified atom stereocenters. The Morgan fingerprint density at radius 1 is 1.53 bits per heavy atom. The van der Waals surface area contributed by atoms with E-state index in [9.17, 15) is 13.6 Å². The van der Waals surface area contributed by atoms with Crippen LogP contribution in [0.3, 0.4) is 0 Å². The summed E-state index contributed by atoms with van der Waals surface area (Å²) in [5, 5.41) is 6.61. The van der Waals surface area contributed by atoms with Gasteiger partial charge in [0.1, 0.15) is 5.15 Å². The first-order valence-electron chi connectivity index (χ1n) is 3.54. The number of amides is 1. The van der Waals surface area contributed by atoms with Crippen molar-refractivity contribution in [3.63, 3.8) is 0 Å². The number of pyridine rings is 1. The second-order valence-corrected chi connectivity index (χ2v) is 3.32. The fourth-order valence-electron chi connectivity index (χ4n) is 0.698. The van der Waals surface area contributed by atoms with Crippen molar-refractivity contribution in [2.24, 2.45) is 0 Å². The van der Waals surface area contributed by atoms with Crippen LogP contribution < -0.4 is 5.32 Å². The van der Waals surface area contributed by atoms with Gasteiger partial charge in [0.15, 0.2) is 11.6 Å². The fraction of sp³-hybridized carbons (Fsp3) is 0.143. The van der Waals surface area contributed by atoms with E-state index in [0.717, 1.165) is 6.07 Å². The van der Waals surface area contributed by atoms with Crippen LogP contribution in [0, 0.1) is 0 Å². The minimum Gasteiger partial charge on any atom is -0.504 e. The van der Waals surface area contributed by atoms with Crippen LogP contribution in [0.25, 0.3) is 0 Å². The van der Waals surface area contributed by atoms with E-state index >= 15 is 0 Å². The van der Waals surface area contributed by atoms with Gasteiger partial charge in [-0.3, -0.25) is 4.79 Å². The quantitative estimate of drug-likeness (QED) is 0.630. The molecular formula is C7H4Cl2F2N2O2.